The number of nitrogens with zero attached hydrogens (tertiary/aromatic N) is 2. The maximum absolute atomic E-state index is 8.88. The molecule has 0 amide bonds. The fourth-order valence-electron chi connectivity index (χ4n) is 4.13. The van der Waals surface area contributed by atoms with Crippen LogP contribution in [0.4, 0.5) is 0 Å². The number of aromatic nitrogens is 1. The third kappa shape index (κ3) is 2.88. The summed E-state index contributed by atoms with van der Waals surface area (Å²) < 4.78 is 0. The molecule has 4 rings (SSSR count). The summed E-state index contributed by atoms with van der Waals surface area (Å²) in [7, 11) is 0. The number of aromatic amines is 1. The van der Waals surface area contributed by atoms with Crippen LogP contribution in [0.15, 0.2) is 18.3 Å². The van der Waals surface area contributed by atoms with E-state index in [1.807, 2.05) is 0 Å². The van der Waals surface area contributed by atoms with Crippen LogP contribution in [-0.4, -0.2) is 23.0 Å². The molecular formula is C20H25N3. The summed E-state index contributed by atoms with van der Waals surface area (Å²) in [5.74, 6) is 1.41. The Morgan fingerprint density at radius 1 is 1.26 bits per heavy atom. The Bertz CT molecular complexity index is 740. The minimum Gasteiger partial charge on any atom is -0.361 e. The number of benzene rings is 1. The van der Waals surface area contributed by atoms with E-state index in [2.05, 4.69) is 41.2 Å². The molecule has 23 heavy (non-hydrogen) atoms. The topological polar surface area (TPSA) is 42.8 Å². The maximum Gasteiger partial charge on any atom is 0.0624 e. The number of likely N-dealkylation sites (tertiary alicyclic amines) is 1. The van der Waals surface area contributed by atoms with Crippen LogP contribution >= 0.6 is 0 Å². The fourth-order valence-corrected chi connectivity index (χ4v) is 4.13. The Morgan fingerprint density at radius 2 is 2.04 bits per heavy atom. The predicted octanol–water partition coefficient (Wildman–Crippen LogP) is 4.48. The number of fused-ring (bicyclic) bond motifs is 1. The monoisotopic (exact) mass is 307 g/mol. The zero-order chi connectivity index (χ0) is 15.8. The lowest BCUT2D eigenvalue weighted by atomic mass is 9.92. The molecule has 1 N–H and O–H groups in total. The molecule has 1 aliphatic carbocycles. The molecule has 1 saturated heterocycles. The van der Waals surface area contributed by atoms with Crippen molar-refractivity contribution in [2.75, 3.05) is 13.1 Å². The summed E-state index contributed by atoms with van der Waals surface area (Å²) in [5, 5.41) is 10.3. The average molecular weight is 307 g/mol. The molecule has 0 radical (unpaired) electrons. The highest BCUT2D eigenvalue weighted by molar-refractivity contribution is 5.87. The maximum atomic E-state index is 8.88. The van der Waals surface area contributed by atoms with Gasteiger partial charge in [-0.05, 0) is 80.3 Å². The van der Waals surface area contributed by atoms with Crippen molar-refractivity contribution in [3.8, 4) is 6.07 Å². The van der Waals surface area contributed by atoms with E-state index >= 15 is 0 Å². The number of hydrogen-bond acceptors (Lipinski definition) is 2. The van der Waals surface area contributed by atoms with Crippen LogP contribution in [0.25, 0.3) is 10.9 Å². The van der Waals surface area contributed by atoms with Gasteiger partial charge in [-0.3, -0.25) is 4.90 Å². The first kappa shape index (κ1) is 14.8. The average Bonchev–Trinajstić information content (AvgIpc) is 3.28. The SMILES string of the molecule is Cc1cc(C2CC2)c(CN2CCC(CC#N)CC2)c2cc[nH]c12. The number of piperidine rings is 1. The van der Waals surface area contributed by atoms with Crippen molar-refractivity contribution in [2.24, 2.45) is 5.92 Å². The van der Waals surface area contributed by atoms with E-state index in [0.29, 0.717) is 5.92 Å². The van der Waals surface area contributed by atoms with E-state index in [0.717, 1.165) is 32.0 Å². The highest BCUT2D eigenvalue weighted by Crippen LogP contribution is 2.44. The van der Waals surface area contributed by atoms with Crippen molar-refractivity contribution in [3.63, 3.8) is 0 Å². The molecule has 1 aromatic heterocycles. The highest BCUT2D eigenvalue weighted by atomic mass is 15.1. The molecule has 2 aromatic rings. The number of hydrogen-bond donors (Lipinski definition) is 1. The molecule has 3 heteroatoms. The summed E-state index contributed by atoms with van der Waals surface area (Å²) in [5.41, 5.74) is 5.83. The molecule has 0 atom stereocenters. The van der Waals surface area contributed by atoms with Gasteiger partial charge in [-0.15, -0.1) is 0 Å². The van der Waals surface area contributed by atoms with Crippen molar-refractivity contribution in [2.45, 2.75) is 51.5 Å². The van der Waals surface area contributed by atoms with E-state index in [1.165, 1.54) is 42.1 Å². The third-order valence-corrected chi connectivity index (χ3v) is 5.67. The predicted molar refractivity (Wildman–Crippen MR) is 93.2 cm³/mol. The zero-order valence-electron chi connectivity index (χ0n) is 13.9. The van der Waals surface area contributed by atoms with Gasteiger partial charge < -0.3 is 4.98 Å². The first-order chi connectivity index (χ1) is 11.3. The summed E-state index contributed by atoms with van der Waals surface area (Å²) in [6.45, 7) is 5.56. The summed E-state index contributed by atoms with van der Waals surface area (Å²) in [6, 6.07) is 7.02. The Hall–Kier alpha value is -1.79. The molecule has 1 aliphatic heterocycles. The largest absolute Gasteiger partial charge is 0.361 e. The van der Waals surface area contributed by atoms with Crippen molar-refractivity contribution < 1.29 is 0 Å². The molecule has 0 unspecified atom stereocenters. The molecule has 0 bridgehead atoms. The quantitative estimate of drug-likeness (QED) is 0.905. The first-order valence-corrected chi connectivity index (χ1v) is 8.95. The first-order valence-electron chi connectivity index (χ1n) is 8.95. The van der Waals surface area contributed by atoms with Gasteiger partial charge in [0.1, 0.15) is 0 Å². The van der Waals surface area contributed by atoms with Gasteiger partial charge >= 0.3 is 0 Å². The number of nitriles is 1. The van der Waals surface area contributed by atoms with Crippen molar-refractivity contribution in [1.82, 2.24) is 9.88 Å². The normalized spacial score (nSPS) is 20.0. The lowest BCUT2D eigenvalue weighted by Crippen LogP contribution is -2.33. The second-order valence-corrected chi connectivity index (χ2v) is 7.38. The van der Waals surface area contributed by atoms with Gasteiger partial charge in [-0.25, -0.2) is 0 Å². The van der Waals surface area contributed by atoms with Gasteiger partial charge in [0.25, 0.3) is 0 Å². The Balaban J connectivity index is 1.59. The summed E-state index contributed by atoms with van der Waals surface area (Å²) in [4.78, 5) is 6.02. The molecule has 2 heterocycles. The molecule has 1 saturated carbocycles. The van der Waals surface area contributed by atoms with Crippen molar-refractivity contribution in [1.29, 1.82) is 5.26 Å². The van der Waals surface area contributed by atoms with Gasteiger partial charge in [-0.2, -0.15) is 5.26 Å². The molecule has 2 aliphatic rings. The number of H-pyrrole nitrogens is 1. The van der Waals surface area contributed by atoms with Crippen LogP contribution in [0.2, 0.25) is 0 Å². The summed E-state index contributed by atoms with van der Waals surface area (Å²) >= 11 is 0. The minimum atomic E-state index is 0.615. The number of nitrogens with one attached hydrogen (secondary N) is 1. The molecule has 1 aromatic carbocycles. The van der Waals surface area contributed by atoms with E-state index in [4.69, 9.17) is 5.26 Å². The third-order valence-electron chi connectivity index (χ3n) is 5.67. The van der Waals surface area contributed by atoms with Crippen LogP contribution in [-0.2, 0) is 6.54 Å². The van der Waals surface area contributed by atoms with Crippen LogP contribution in [0.5, 0.6) is 0 Å². The Morgan fingerprint density at radius 3 is 2.74 bits per heavy atom. The summed E-state index contributed by atoms with van der Waals surface area (Å²) in [6.07, 6.45) is 7.87. The van der Waals surface area contributed by atoms with Crippen molar-refractivity contribution in [3.05, 3.63) is 35.0 Å². The Kier molecular flexibility index (Phi) is 3.87. The van der Waals surface area contributed by atoms with Crippen LogP contribution in [0.3, 0.4) is 0 Å². The lowest BCUT2D eigenvalue weighted by molar-refractivity contribution is 0.179. The minimum absolute atomic E-state index is 0.615. The Labute approximate surface area is 138 Å². The lowest BCUT2D eigenvalue weighted by Gasteiger charge is -2.31. The standard InChI is InChI=1S/C20H25N3/c1-14-12-18(16-2-3-16)19(17-5-9-22-20(14)17)13-23-10-6-15(4-8-21)7-11-23/h5,9,12,15-16,22H,2-4,6-7,10-11,13H2,1H3. The van der Waals surface area contributed by atoms with E-state index < -0.39 is 0 Å². The number of rotatable bonds is 4. The van der Waals surface area contributed by atoms with Gasteiger partial charge in [0.2, 0.25) is 0 Å². The van der Waals surface area contributed by atoms with Crippen LogP contribution < -0.4 is 0 Å². The highest BCUT2D eigenvalue weighted by Gasteiger charge is 2.29. The van der Waals surface area contributed by atoms with Gasteiger partial charge in [0, 0.05) is 30.1 Å². The second-order valence-electron chi connectivity index (χ2n) is 7.38. The second kappa shape index (κ2) is 6.02. The molecule has 3 nitrogen and oxygen atoms in total. The molecule has 120 valence electrons. The van der Waals surface area contributed by atoms with Gasteiger partial charge in [0.05, 0.1) is 6.07 Å². The molecular weight excluding hydrogens is 282 g/mol. The zero-order valence-corrected chi connectivity index (χ0v) is 13.9. The molecule has 2 fully saturated rings. The van der Waals surface area contributed by atoms with E-state index in [-0.39, 0.29) is 0 Å². The number of aryl methyl sites for hydroxylation is 1. The van der Waals surface area contributed by atoms with Crippen LogP contribution in [0.1, 0.15) is 54.7 Å². The van der Waals surface area contributed by atoms with Gasteiger partial charge in [0.15, 0.2) is 0 Å². The van der Waals surface area contributed by atoms with Crippen LogP contribution in [0, 0.1) is 24.2 Å². The van der Waals surface area contributed by atoms with Crippen molar-refractivity contribution >= 4 is 10.9 Å². The molecule has 0 spiro atoms. The smallest absolute Gasteiger partial charge is 0.0624 e. The van der Waals surface area contributed by atoms with E-state index in [1.54, 1.807) is 11.1 Å². The fraction of sp³-hybridized carbons (Fsp3) is 0.550. The van der Waals surface area contributed by atoms with Gasteiger partial charge in [-0.1, -0.05) is 6.07 Å². The van der Waals surface area contributed by atoms with E-state index in [9.17, 15) is 0 Å².